The molecule has 1 fully saturated rings. The molecule has 1 N–H and O–H groups in total. The molecule has 1 atom stereocenters. The minimum Gasteiger partial charge on any atom is -0.465 e. The largest absolute Gasteiger partial charge is 0.465 e. The summed E-state index contributed by atoms with van der Waals surface area (Å²) in [5.41, 5.74) is 3.87. The Morgan fingerprint density at radius 2 is 2.06 bits per heavy atom. The Bertz CT molecular complexity index is 1220. The van der Waals surface area contributed by atoms with Crippen molar-refractivity contribution in [3.05, 3.63) is 33.8 Å². The van der Waals surface area contributed by atoms with E-state index < -0.39 is 14.2 Å². The predicted molar refractivity (Wildman–Crippen MR) is 138 cm³/mol. The van der Waals surface area contributed by atoms with Crippen LogP contribution in [-0.4, -0.2) is 63.2 Å². The van der Waals surface area contributed by atoms with Gasteiger partial charge in [-0.2, -0.15) is 5.10 Å². The van der Waals surface area contributed by atoms with E-state index in [0.717, 1.165) is 63.6 Å². The fourth-order valence-corrected chi connectivity index (χ4v) is 6.45. The predicted octanol–water partition coefficient (Wildman–Crippen LogP) is 4.84. The molecule has 0 aromatic carbocycles. The zero-order valence-electron chi connectivity index (χ0n) is 19.3. The van der Waals surface area contributed by atoms with Gasteiger partial charge in [-0.05, 0) is 53.6 Å². The van der Waals surface area contributed by atoms with Gasteiger partial charge in [0.1, 0.15) is 12.4 Å². The molecule has 3 aromatic rings. The molecule has 1 unspecified atom stereocenters. The number of carbonyl (C=O) groups is 1. The number of ether oxygens (including phenoxy) is 1. The lowest BCUT2D eigenvalue weighted by Crippen LogP contribution is -2.32. The summed E-state index contributed by atoms with van der Waals surface area (Å²) in [7, 11) is -1.10. The van der Waals surface area contributed by atoms with E-state index in [2.05, 4.69) is 69.8 Å². The van der Waals surface area contributed by atoms with E-state index in [9.17, 15) is 9.90 Å². The number of amides is 1. The van der Waals surface area contributed by atoms with Gasteiger partial charge in [0.2, 0.25) is 0 Å². The van der Waals surface area contributed by atoms with Crippen molar-refractivity contribution >= 4 is 47.8 Å². The summed E-state index contributed by atoms with van der Waals surface area (Å²) in [5, 5.41) is 15.4. The summed E-state index contributed by atoms with van der Waals surface area (Å²) in [5.74, 6) is 0. The topological polar surface area (TPSA) is 85.4 Å². The lowest BCUT2D eigenvalue weighted by Gasteiger charge is -2.21. The van der Waals surface area contributed by atoms with E-state index in [1.807, 2.05) is 6.20 Å². The molecular weight excluding hydrogens is 549 g/mol. The molecule has 1 saturated heterocycles. The monoisotopic (exact) mass is 579 g/mol. The van der Waals surface area contributed by atoms with Crippen LogP contribution < -0.4 is 0 Å². The molecule has 0 aliphatic carbocycles. The molecule has 1 spiro atoms. The normalized spacial score (nSPS) is 20.3. The van der Waals surface area contributed by atoms with Crippen molar-refractivity contribution in [3.8, 4) is 11.3 Å². The van der Waals surface area contributed by atoms with Crippen molar-refractivity contribution in [2.24, 2.45) is 0 Å². The number of aryl methyl sites for hydroxylation is 1. The number of nitrogens with zero attached hydrogens (tertiary/aromatic N) is 5. The summed E-state index contributed by atoms with van der Waals surface area (Å²) < 4.78 is 11.2. The lowest BCUT2D eigenvalue weighted by molar-refractivity contribution is 0.0898. The van der Waals surface area contributed by atoms with Gasteiger partial charge in [0.05, 0.1) is 5.69 Å². The smallest absolute Gasteiger partial charge is 0.407 e. The first-order valence-corrected chi connectivity index (χ1v) is 16.2. The molecule has 1 amide bonds. The van der Waals surface area contributed by atoms with Gasteiger partial charge in [-0.15, -0.1) is 0 Å². The molecule has 33 heavy (non-hydrogen) atoms. The Hall–Kier alpha value is -1.92. The Kier molecular flexibility index (Phi) is 5.80. The molecule has 3 aromatic heterocycles. The molecule has 10 heteroatoms. The average molecular weight is 580 g/mol. The highest BCUT2D eigenvalue weighted by Crippen LogP contribution is 2.43. The van der Waals surface area contributed by atoms with Gasteiger partial charge < -0.3 is 19.3 Å². The van der Waals surface area contributed by atoms with Gasteiger partial charge in [0.25, 0.3) is 0 Å². The highest BCUT2D eigenvalue weighted by Gasteiger charge is 2.47. The Labute approximate surface area is 208 Å². The van der Waals surface area contributed by atoms with Crippen LogP contribution >= 0.6 is 22.6 Å². The number of carboxylic acid groups (broad SMARTS) is 1. The molecule has 0 saturated carbocycles. The van der Waals surface area contributed by atoms with Crippen LogP contribution in [0.3, 0.4) is 0 Å². The molecule has 2 aliphatic rings. The minimum atomic E-state index is -1.10. The summed E-state index contributed by atoms with van der Waals surface area (Å²) in [6, 6.07) is 5.45. The van der Waals surface area contributed by atoms with Crippen LogP contribution in [-0.2, 0) is 23.4 Å². The molecule has 5 heterocycles. The molecule has 176 valence electrons. The number of rotatable bonds is 6. The third-order valence-corrected chi connectivity index (χ3v) is 9.50. The van der Waals surface area contributed by atoms with Crippen LogP contribution in [0.4, 0.5) is 4.79 Å². The van der Waals surface area contributed by atoms with Crippen molar-refractivity contribution in [2.75, 3.05) is 19.7 Å². The van der Waals surface area contributed by atoms with E-state index in [4.69, 9.17) is 14.8 Å². The number of hydrogen-bond acceptors (Lipinski definition) is 4. The van der Waals surface area contributed by atoms with E-state index >= 15 is 0 Å². The van der Waals surface area contributed by atoms with Crippen LogP contribution in [0.25, 0.3) is 22.3 Å². The van der Waals surface area contributed by atoms with Gasteiger partial charge in [0.15, 0.2) is 0 Å². The van der Waals surface area contributed by atoms with Crippen LogP contribution in [0.15, 0.2) is 24.5 Å². The molecular formula is C23H30IN5O3Si. The maximum Gasteiger partial charge on any atom is 0.407 e. The van der Waals surface area contributed by atoms with E-state index in [1.54, 1.807) is 0 Å². The number of hydrogen-bond donors (Lipinski definition) is 1. The number of aromatic nitrogens is 4. The number of pyridine rings is 1. The van der Waals surface area contributed by atoms with Gasteiger partial charge in [-0.25, -0.2) is 9.78 Å². The highest BCUT2D eigenvalue weighted by atomic mass is 127. The van der Waals surface area contributed by atoms with Crippen molar-refractivity contribution in [1.82, 2.24) is 24.2 Å². The fourth-order valence-electron chi connectivity index (χ4n) is 4.96. The summed E-state index contributed by atoms with van der Waals surface area (Å²) in [6.45, 7) is 10.4. The first-order chi connectivity index (χ1) is 15.7. The zero-order chi connectivity index (χ0) is 23.4. The molecule has 0 bridgehead atoms. The van der Waals surface area contributed by atoms with Gasteiger partial charge in [-0.3, -0.25) is 4.68 Å². The standard InChI is InChI=1S/C23H30IN5O3Si/c1-33(2,3)9-8-32-15-28-13-18(24)17-10-16(12-25-21(17)28)19-11-20-23(5-7-29(20)26-19)4-6-27(14-23)22(30)31/h10-13H,4-9,14-15H2,1-3H3,(H,30,31). The first-order valence-electron chi connectivity index (χ1n) is 11.4. The minimum absolute atomic E-state index is 0.105. The Morgan fingerprint density at radius 1 is 1.27 bits per heavy atom. The average Bonchev–Trinajstić information content (AvgIpc) is 3.50. The van der Waals surface area contributed by atoms with Crippen molar-refractivity contribution in [3.63, 3.8) is 0 Å². The summed E-state index contributed by atoms with van der Waals surface area (Å²) in [4.78, 5) is 17.7. The first kappa shape index (κ1) is 22.8. The van der Waals surface area contributed by atoms with Crippen LogP contribution in [0.5, 0.6) is 0 Å². The maximum atomic E-state index is 11.5. The van der Waals surface area contributed by atoms with Crippen molar-refractivity contribution in [2.45, 2.75) is 57.2 Å². The third-order valence-electron chi connectivity index (χ3n) is 6.94. The number of fused-ring (bicyclic) bond motifs is 3. The second kappa shape index (κ2) is 8.38. The van der Waals surface area contributed by atoms with Crippen LogP contribution in [0.1, 0.15) is 18.5 Å². The van der Waals surface area contributed by atoms with Crippen LogP contribution in [0, 0.1) is 3.57 Å². The summed E-state index contributed by atoms with van der Waals surface area (Å²) in [6.07, 6.45) is 4.97. The molecule has 2 aliphatic heterocycles. The van der Waals surface area contributed by atoms with Crippen molar-refractivity contribution < 1.29 is 14.6 Å². The number of likely N-dealkylation sites (tertiary alicyclic amines) is 1. The lowest BCUT2D eigenvalue weighted by atomic mass is 9.82. The maximum absolute atomic E-state index is 11.5. The quantitative estimate of drug-likeness (QED) is 0.257. The Morgan fingerprint density at radius 3 is 2.79 bits per heavy atom. The van der Waals surface area contributed by atoms with Gasteiger partial charge in [0, 0.05) is 72.3 Å². The molecule has 0 radical (unpaired) electrons. The van der Waals surface area contributed by atoms with Crippen LogP contribution in [0.2, 0.25) is 25.7 Å². The van der Waals surface area contributed by atoms with Gasteiger partial charge >= 0.3 is 6.09 Å². The van der Waals surface area contributed by atoms with E-state index in [1.165, 1.54) is 4.90 Å². The highest BCUT2D eigenvalue weighted by molar-refractivity contribution is 14.1. The number of halogens is 1. The molecule has 5 rings (SSSR count). The second-order valence-corrected chi connectivity index (χ2v) is 17.3. The molecule has 8 nitrogen and oxygen atoms in total. The third kappa shape index (κ3) is 4.32. The zero-order valence-corrected chi connectivity index (χ0v) is 22.5. The van der Waals surface area contributed by atoms with E-state index in [0.29, 0.717) is 19.8 Å². The summed E-state index contributed by atoms with van der Waals surface area (Å²) >= 11 is 2.36. The van der Waals surface area contributed by atoms with Crippen molar-refractivity contribution in [1.29, 1.82) is 0 Å². The Balaban J connectivity index is 1.37. The van der Waals surface area contributed by atoms with Gasteiger partial charge in [-0.1, -0.05) is 19.6 Å². The SMILES string of the molecule is C[Si](C)(C)CCOCn1cc(I)c2cc(-c3cc4n(n3)CCC43CCN(C(=O)O)C3)cnc21. The fraction of sp³-hybridized carbons (Fsp3) is 0.522. The second-order valence-electron chi connectivity index (χ2n) is 10.5. The van der Waals surface area contributed by atoms with E-state index in [-0.39, 0.29) is 5.41 Å².